The van der Waals surface area contributed by atoms with Crippen LogP contribution in [0.2, 0.25) is 0 Å². The molecule has 1 aliphatic rings. The molecule has 2 N–H and O–H groups in total. The Morgan fingerprint density at radius 1 is 1.18 bits per heavy atom. The van der Waals surface area contributed by atoms with Gasteiger partial charge in [0.2, 0.25) is 5.95 Å². The molecule has 8 nitrogen and oxygen atoms in total. The maximum absolute atomic E-state index is 12.2. The zero-order chi connectivity index (χ0) is 16.1. The first kappa shape index (κ1) is 16.0. The quantitative estimate of drug-likeness (QED) is 0.836. The fourth-order valence-electron chi connectivity index (χ4n) is 2.30. The molecular formula is C14H21N5O3. The summed E-state index contributed by atoms with van der Waals surface area (Å²) in [5, 5.41) is 11.7. The first-order valence-corrected chi connectivity index (χ1v) is 7.29. The van der Waals surface area contributed by atoms with E-state index in [-0.39, 0.29) is 11.9 Å². The highest BCUT2D eigenvalue weighted by Gasteiger charge is 2.28. The summed E-state index contributed by atoms with van der Waals surface area (Å²) in [4.78, 5) is 35.3. The molecule has 0 radical (unpaired) electrons. The van der Waals surface area contributed by atoms with Crippen LogP contribution in [0.5, 0.6) is 0 Å². The Kier molecular flexibility index (Phi) is 5.13. The first-order valence-electron chi connectivity index (χ1n) is 7.29. The van der Waals surface area contributed by atoms with E-state index in [1.165, 1.54) is 0 Å². The van der Waals surface area contributed by atoms with Gasteiger partial charge in [0.25, 0.3) is 0 Å². The number of carboxylic acids is 1. The summed E-state index contributed by atoms with van der Waals surface area (Å²) in [6.45, 7) is 5.80. The molecule has 1 aromatic heterocycles. The Morgan fingerprint density at radius 2 is 1.77 bits per heavy atom. The van der Waals surface area contributed by atoms with Crippen molar-refractivity contribution in [1.29, 1.82) is 0 Å². The van der Waals surface area contributed by atoms with Crippen LogP contribution in [0.3, 0.4) is 0 Å². The fourth-order valence-corrected chi connectivity index (χ4v) is 2.30. The van der Waals surface area contributed by atoms with E-state index in [0.717, 1.165) is 0 Å². The van der Waals surface area contributed by atoms with Gasteiger partial charge < -0.3 is 20.2 Å². The van der Waals surface area contributed by atoms with Crippen LogP contribution in [0.25, 0.3) is 0 Å². The Balaban J connectivity index is 1.88. The molecule has 1 saturated heterocycles. The van der Waals surface area contributed by atoms with Gasteiger partial charge in [-0.25, -0.2) is 19.6 Å². The fraction of sp³-hybridized carbons (Fsp3) is 0.571. The summed E-state index contributed by atoms with van der Waals surface area (Å²) in [6, 6.07) is 0.545. The van der Waals surface area contributed by atoms with Gasteiger partial charge in [-0.15, -0.1) is 0 Å². The number of urea groups is 1. The van der Waals surface area contributed by atoms with Crippen LogP contribution >= 0.6 is 0 Å². The molecule has 22 heavy (non-hydrogen) atoms. The largest absolute Gasteiger partial charge is 0.480 e. The number of piperazine rings is 1. The van der Waals surface area contributed by atoms with Crippen molar-refractivity contribution in [2.75, 3.05) is 31.1 Å². The van der Waals surface area contributed by atoms with Crippen molar-refractivity contribution in [3.05, 3.63) is 18.5 Å². The van der Waals surface area contributed by atoms with E-state index < -0.39 is 12.0 Å². The Morgan fingerprint density at radius 3 is 2.27 bits per heavy atom. The van der Waals surface area contributed by atoms with Crippen LogP contribution in [0.4, 0.5) is 10.7 Å². The number of anilines is 1. The number of carbonyl (C=O) groups excluding carboxylic acids is 1. The van der Waals surface area contributed by atoms with E-state index in [2.05, 4.69) is 15.3 Å². The molecule has 0 spiro atoms. The average Bonchev–Trinajstić information content (AvgIpc) is 2.52. The number of rotatable bonds is 4. The highest BCUT2D eigenvalue weighted by Crippen LogP contribution is 2.10. The van der Waals surface area contributed by atoms with Gasteiger partial charge >= 0.3 is 12.0 Å². The monoisotopic (exact) mass is 307 g/mol. The number of nitrogens with one attached hydrogen (secondary N) is 1. The maximum Gasteiger partial charge on any atom is 0.326 e. The van der Waals surface area contributed by atoms with Gasteiger partial charge in [-0.1, -0.05) is 13.8 Å². The van der Waals surface area contributed by atoms with E-state index in [9.17, 15) is 9.59 Å². The second-order valence-electron chi connectivity index (χ2n) is 5.53. The summed E-state index contributed by atoms with van der Waals surface area (Å²) in [6.07, 6.45) is 3.36. The normalized spacial score (nSPS) is 16.5. The van der Waals surface area contributed by atoms with E-state index in [4.69, 9.17) is 5.11 Å². The van der Waals surface area contributed by atoms with Gasteiger partial charge in [0.05, 0.1) is 0 Å². The highest BCUT2D eigenvalue weighted by molar-refractivity contribution is 5.82. The van der Waals surface area contributed by atoms with Crippen molar-refractivity contribution < 1.29 is 14.7 Å². The molecule has 120 valence electrons. The third-order valence-electron chi connectivity index (χ3n) is 3.61. The minimum Gasteiger partial charge on any atom is -0.480 e. The van der Waals surface area contributed by atoms with Crippen molar-refractivity contribution in [3.63, 3.8) is 0 Å². The number of carboxylic acid groups (broad SMARTS) is 1. The number of aromatic nitrogens is 2. The molecule has 0 aromatic carbocycles. The van der Waals surface area contributed by atoms with Gasteiger partial charge in [0.1, 0.15) is 6.04 Å². The van der Waals surface area contributed by atoms with Crippen LogP contribution in [0.1, 0.15) is 13.8 Å². The van der Waals surface area contributed by atoms with Crippen LogP contribution in [0.15, 0.2) is 18.5 Å². The molecule has 0 saturated carbocycles. The number of amides is 2. The Hall–Kier alpha value is -2.38. The molecule has 1 aliphatic heterocycles. The zero-order valence-corrected chi connectivity index (χ0v) is 12.8. The van der Waals surface area contributed by atoms with Gasteiger partial charge in [-0.2, -0.15) is 0 Å². The van der Waals surface area contributed by atoms with Crippen molar-refractivity contribution in [1.82, 2.24) is 20.2 Å². The smallest absolute Gasteiger partial charge is 0.326 e. The third-order valence-corrected chi connectivity index (χ3v) is 3.61. The summed E-state index contributed by atoms with van der Waals surface area (Å²) in [5.74, 6) is -0.534. The lowest BCUT2D eigenvalue weighted by Gasteiger charge is -2.35. The topological polar surface area (TPSA) is 98.7 Å². The SMILES string of the molecule is CC(C)[C@@H](NC(=O)N1CCN(c2ncccn2)CC1)C(=O)O. The van der Waals surface area contributed by atoms with E-state index in [1.54, 1.807) is 37.2 Å². The third kappa shape index (κ3) is 3.84. The molecular weight excluding hydrogens is 286 g/mol. The summed E-state index contributed by atoms with van der Waals surface area (Å²) >= 11 is 0. The molecule has 0 aliphatic carbocycles. The molecule has 0 unspecified atom stereocenters. The second kappa shape index (κ2) is 7.06. The van der Waals surface area contributed by atoms with Crippen LogP contribution in [-0.2, 0) is 4.79 Å². The van der Waals surface area contributed by atoms with Crippen molar-refractivity contribution in [2.45, 2.75) is 19.9 Å². The van der Waals surface area contributed by atoms with Gasteiger partial charge in [0, 0.05) is 38.6 Å². The zero-order valence-electron chi connectivity index (χ0n) is 12.8. The molecule has 1 fully saturated rings. The minimum atomic E-state index is -1.01. The number of aliphatic carboxylic acids is 1. The number of nitrogens with zero attached hydrogens (tertiary/aromatic N) is 4. The molecule has 1 atom stereocenters. The predicted octanol–water partition coefficient (Wildman–Crippen LogP) is 0.417. The number of hydrogen-bond donors (Lipinski definition) is 2. The molecule has 8 heteroatoms. The highest BCUT2D eigenvalue weighted by atomic mass is 16.4. The lowest BCUT2D eigenvalue weighted by atomic mass is 10.1. The van der Waals surface area contributed by atoms with Crippen molar-refractivity contribution in [2.24, 2.45) is 5.92 Å². The molecule has 1 aromatic rings. The molecule has 0 bridgehead atoms. The minimum absolute atomic E-state index is 0.166. The maximum atomic E-state index is 12.2. The van der Waals surface area contributed by atoms with Gasteiger partial charge in [-0.3, -0.25) is 0 Å². The van der Waals surface area contributed by atoms with Crippen LogP contribution in [0, 0.1) is 5.92 Å². The molecule has 2 heterocycles. The molecule has 2 rings (SSSR count). The summed E-state index contributed by atoms with van der Waals surface area (Å²) < 4.78 is 0. The first-order chi connectivity index (χ1) is 10.5. The number of carbonyl (C=O) groups is 2. The van der Waals surface area contributed by atoms with Crippen LogP contribution in [-0.4, -0.2) is 64.2 Å². The summed E-state index contributed by atoms with van der Waals surface area (Å²) in [7, 11) is 0. The lowest BCUT2D eigenvalue weighted by Crippen LogP contribution is -2.55. The van der Waals surface area contributed by atoms with Crippen LogP contribution < -0.4 is 10.2 Å². The van der Waals surface area contributed by atoms with E-state index in [1.807, 2.05) is 4.90 Å². The second-order valence-corrected chi connectivity index (χ2v) is 5.53. The average molecular weight is 307 g/mol. The van der Waals surface area contributed by atoms with Crippen molar-refractivity contribution in [3.8, 4) is 0 Å². The van der Waals surface area contributed by atoms with E-state index >= 15 is 0 Å². The summed E-state index contributed by atoms with van der Waals surface area (Å²) in [5.41, 5.74) is 0. The van der Waals surface area contributed by atoms with Gasteiger partial charge in [0.15, 0.2) is 0 Å². The standard InChI is InChI=1S/C14H21N5O3/c1-10(2)11(12(20)21)17-14(22)19-8-6-18(7-9-19)13-15-4-3-5-16-13/h3-5,10-11H,6-9H2,1-2H3,(H,17,22)(H,20,21)/t11-/m1/s1. The van der Waals surface area contributed by atoms with Crippen molar-refractivity contribution >= 4 is 17.9 Å². The Bertz CT molecular complexity index is 514. The van der Waals surface area contributed by atoms with Gasteiger partial charge in [-0.05, 0) is 12.0 Å². The number of hydrogen-bond acceptors (Lipinski definition) is 5. The predicted molar refractivity (Wildman–Crippen MR) is 80.6 cm³/mol. The van der Waals surface area contributed by atoms with E-state index in [0.29, 0.717) is 32.1 Å². The lowest BCUT2D eigenvalue weighted by molar-refractivity contribution is -0.140. The Labute approximate surface area is 129 Å². The molecule has 2 amide bonds.